The van der Waals surface area contributed by atoms with Crippen molar-refractivity contribution >= 4 is 35.1 Å². The number of unbranched alkanes of at least 4 members (excludes halogenated alkanes) is 1. The van der Waals surface area contributed by atoms with Gasteiger partial charge in [-0.05, 0) is 50.7 Å². The fraction of sp³-hybridized carbons (Fsp3) is 0.567. The van der Waals surface area contributed by atoms with E-state index in [9.17, 15) is 19.5 Å². The highest BCUT2D eigenvalue weighted by atomic mass is 35.5. The minimum absolute atomic E-state index is 0.152. The Balaban J connectivity index is 1.80. The number of para-hydroxylation sites is 1. The molecule has 1 spiro atoms. The smallest absolute Gasteiger partial charge is 0.312 e. The standard InChI is InChI=1S/C30H39ClN2O6/c1-6-8-11-17-38-28(37)24-23-26(35)33(22(18-34)19(3)4)25(30(23)15-14-29(24,5)39-30)27(36)32(16-7-2)21-13-10-9-12-20(21)31/h6-7,9-10,12-13,19,22-25,34H,1-2,8,11,14-18H2,3-5H3/t22-,23-,24-,25?,29+,30?/m0/s1. The highest BCUT2D eigenvalue weighted by molar-refractivity contribution is 6.34. The molecule has 0 radical (unpaired) electrons. The number of anilines is 1. The second kappa shape index (κ2) is 11.4. The lowest BCUT2D eigenvalue weighted by atomic mass is 9.66. The van der Waals surface area contributed by atoms with Crippen LogP contribution in [0.25, 0.3) is 0 Å². The van der Waals surface area contributed by atoms with Gasteiger partial charge in [-0.25, -0.2) is 0 Å². The van der Waals surface area contributed by atoms with Crippen LogP contribution in [0.3, 0.4) is 0 Å². The molecular formula is C30H39ClN2O6. The predicted octanol–water partition coefficient (Wildman–Crippen LogP) is 4.15. The lowest BCUT2D eigenvalue weighted by molar-refractivity contribution is -0.161. The van der Waals surface area contributed by atoms with Crippen LogP contribution in [0, 0.1) is 17.8 Å². The Kier molecular flexibility index (Phi) is 8.59. The molecule has 3 saturated heterocycles. The number of fused-ring (bicyclic) bond motifs is 1. The lowest BCUT2D eigenvalue weighted by Gasteiger charge is -2.40. The highest BCUT2D eigenvalue weighted by Crippen LogP contribution is 2.64. The number of benzene rings is 1. The predicted molar refractivity (Wildman–Crippen MR) is 149 cm³/mol. The van der Waals surface area contributed by atoms with Gasteiger partial charge in [0.25, 0.3) is 5.91 Å². The van der Waals surface area contributed by atoms with Gasteiger partial charge in [0, 0.05) is 6.54 Å². The maximum Gasteiger partial charge on any atom is 0.312 e. The minimum Gasteiger partial charge on any atom is -0.465 e. The second-order valence-electron chi connectivity index (χ2n) is 11.3. The molecule has 6 atom stereocenters. The topological polar surface area (TPSA) is 96.4 Å². The van der Waals surface area contributed by atoms with Crippen LogP contribution in [0.1, 0.15) is 46.5 Å². The largest absolute Gasteiger partial charge is 0.465 e. The number of likely N-dealkylation sites (tertiary alicyclic amines) is 1. The summed E-state index contributed by atoms with van der Waals surface area (Å²) in [5.41, 5.74) is -1.70. The summed E-state index contributed by atoms with van der Waals surface area (Å²) in [5, 5.41) is 10.8. The van der Waals surface area contributed by atoms with Crippen molar-refractivity contribution in [1.82, 2.24) is 4.90 Å². The van der Waals surface area contributed by atoms with Gasteiger partial charge in [0.2, 0.25) is 5.91 Å². The van der Waals surface area contributed by atoms with Crippen molar-refractivity contribution < 1.29 is 29.0 Å². The molecule has 0 aromatic heterocycles. The number of allylic oxidation sites excluding steroid dienone is 1. The average molecular weight is 559 g/mol. The van der Waals surface area contributed by atoms with Crippen molar-refractivity contribution in [3.05, 3.63) is 54.6 Å². The molecule has 3 aliphatic heterocycles. The van der Waals surface area contributed by atoms with Gasteiger partial charge >= 0.3 is 5.97 Å². The van der Waals surface area contributed by atoms with Crippen LogP contribution in [0.4, 0.5) is 5.69 Å². The van der Waals surface area contributed by atoms with E-state index in [1.54, 1.807) is 36.4 Å². The van der Waals surface area contributed by atoms with Crippen molar-refractivity contribution in [2.24, 2.45) is 17.8 Å². The van der Waals surface area contributed by atoms with Crippen molar-refractivity contribution in [1.29, 1.82) is 0 Å². The molecule has 1 aromatic carbocycles. The van der Waals surface area contributed by atoms with Gasteiger partial charge in [0.1, 0.15) is 17.6 Å². The molecule has 2 amide bonds. The van der Waals surface area contributed by atoms with Crippen molar-refractivity contribution in [3.63, 3.8) is 0 Å². The molecule has 0 saturated carbocycles. The molecule has 1 aromatic rings. The number of ether oxygens (including phenoxy) is 2. The Morgan fingerprint density at radius 1 is 1.28 bits per heavy atom. The van der Waals surface area contributed by atoms with Crippen molar-refractivity contribution in [2.75, 3.05) is 24.7 Å². The number of halogens is 1. The number of esters is 1. The first kappa shape index (κ1) is 29.3. The first-order valence-corrected chi connectivity index (χ1v) is 14.0. The summed E-state index contributed by atoms with van der Waals surface area (Å²) in [6.07, 6.45) is 5.62. The van der Waals surface area contributed by atoms with Crippen LogP contribution in [-0.2, 0) is 23.9 Å². The van der Waals surface area contributed by atoms with Gasteiger partial charge in [-0.1, -0.05) is 49.7 Å². The van der Waals surface area contributed by atoms with Crippen molar-refractivity contribution in [2.45, 2.75) is 69.7 Å². The second-order valence-corrected chi connectivity index (χ2v) is 11.7. The summed E-state index contributed by atoms with van der Waals surface area (Å²) < 4.78 is 12.3. The van der Waals surface area contributed by atoms with E-state index >= 15 is 0 Å². The zero-order chi connectivity index (χ0) is 28.5. The fourth-order valence-corrected chi connectivity index (χ4v) is 6.96. The third-order valence-electron chi connectivity index (χ3n) is 8.53. The molecule has 3 fully saturated rings. The van der Waals surface area contributed by atoms with E-state index in [0.717, 1.165) is 0 Å². The summed E-state index contributed by atoms with van der Waals surface area (Å²) in [4.78, 5) is 45.3. The Hall–Kier alpha value is -2.68. The maximum atomic E-state index is 14.6. The van der Waals surface area contributed by atoms with Crippen LogP contribution < -0.4 is 4.90 Å². The molecule has 0 aliphatic carbocycles. The molecule has 39 heavy (non-hydrogen) atoms. The lowest BCUT2D eigenvalue weighted by Crippen LogP contribution is -2.60. The molecule has 2 bridgehead atoms. The van der Waals surface area contributed by atoms with Gasteiger partial charge in [0.15, 0.2) is 0 Å². The molecular weight excluding hydrogens is 520 g/mol. The highest BCUT2D eigenvalue weighted by Gasteiger charge is 2.79. The number of nitrogens with zero attached hydrogens (tertiary/aromatic N) is 2. The van der Waals surface area contributed by atoms with Crippen LogP contribution in [0.2, 0.25) is 5.02 Å². The molecule has 2 unspecified atom stereocenters. The van der Waals surface area contributed by atoms with Crippen LogP contribution in [0.15, 0.2) is 49.6 Å². The van der Waals surface area contributed by atoms with E-state index in [2.05, 4.69) is 13.2 Å². The Morgan fingerprint density at radius 3 is 2.62 bits per heavy atom. The fourth-order valence-electron chi connectivity index (χ4n) is 6.72. The molecule has 4 rings (SSSR count). The van der Waals surface area contributed by atoms with Crippen LogP contribution in [0.5, 0.6) is 0 Å². The van der Waals surface area contributed by atoms with Crippen molar-refractivity contribution in [3.8, 4) is 0 Å². The zero-order valence-corrected chi connectivity index (χ0v) is 23.7. The SMILES string of the molecule is C=CCCCOC(=O)[C@@H]1[C@H]2C(=O)N([C@@H](CO)C(C)C)C(C(=O)N(CC=C)c3ccccc3Cl)C23CC[C@@]1(C)O3. The Morgan fingerprint density at radius 2 is 2.00 bits per heavy atom. The van der Waals surface area contributed by atoms with Gasteiger partial charge in [-0.15, -0.1) is 13.2 Å². The number of carbonyl (C=O) groups excluding carboxylic acids is 3. The summed E-state index contributed by atoms with van der Waals surface area (Å²) in [6, 6.07) is 5.28. The third-order valence-corrected chi connectivity index (χ3v) is 8.85. The molecule has 8 nitrogen and oxygen atoms in total. The van der Waals surface area contributed by atoms with E-state index in [-0.39, 0.29) is 37.5 Å². The van der Waals surface area contributed by atoms with E-state index in [4.69, 9.17) is 21.1 Å². The molecule has 9 heteroatoms. The van der Waals surface area contributed by atoms with E-state index in [0.29, 0.717) is 36.4 Å². The average Bonchev–Trinajstić information content (AvgIpc) is 3.46. The zero-order valence-electron chi connectivity index (χ0n) is 23.0. The molecule has 212 valence electrons. The quantitative estimate of drug-likeness (QED) is 0.235. The third kappa shape index (κ3) is 4.81. The number of hydrogen-bond acceptors (Lipinski definition) is 6. The summed E-state index contributed by atoms with van der Waals surface area (Å²) in [5.74, 6) is -3.16. The van der Waals surface area contributed by atoms with Gasteiger partial charge in [0.05, 0.1) is 41.5 Å². The number of hydrogen-bond donors (Lipinski definition) is 1. The van der Waals surface area contributed by atoms with Gasteiger partial charge in [-0.3, -0.25) is 14.4 Å². The molecule has 3 heterocycles. The summed E-state index contributed by atoms with van der Waals surface area (Å²) in [6.45, 7) is 13.2. The Bertz CT molecular complexity index is 1140. The molecule has 3 aliphatic rings. The number of amides is 2. The minimum atomic E-state index is -1.24. The normalized spacial score (nSPS) is 29.8. The van der Waals surface area contributed by atoms with E-state index in [1.807, 2.05) is 20.8 Å². The van der Waals surface area contributed by atoms with E-state index < -0.39 is 41.1 Å². The maximum absolute atomic E-state index is 14.6. The molecule has 1 N–H and O–H groups in total. The van der Waals surface area contributed by atoms with Gasteiger partial charge < -0.3 is 24.4 Å². The first-order chi connectivity index (χ1) is 18.6. The first-order valence-electron chi connectivity index (χ1n) is 13.7. The summed E-state index contributed by atoms with van der Waals surface area (Å²) in [7, 11) is 0. The number of rotatable bonds is 12. The van der Waals surface area contributed by atoms with Gasteiger partial charge in [-0.2, -0.15) is 0 Å². The monoisotopic (exact) mass is 558 g/mol. The number of aliphatic hydroxyl groups excluding tert-OH is 1. The van der Waals surface area contributed by atoms with E-state index in [1.165, 1.54) is 9.80 Å². The van der Waals surface area contributed by atoms with Crippen LogP contribution in [-0.4, -0.2) is 70.8 Å². The van der Waals surface area contributed by atoms with Crippen LogP contribution >= 0.6 is 11.6 Å². The number of carbonyl (C=O) groups is 3. The summed E-state index contributed by atoms with van der Waals surface area (Å²) >= 11 is 6.51. The Labute approximate surface area is 235 Å². The number of aliphatic hydroxyl groups is 1.